The molecule has 3 nitrogen and oxygen atoms in total. The zero-order chi connectivity index (χ0) is 14.4. The lowest BCUT2D eigenvalue weighted by atomic mass is 10.2. The summed E-state index contributed by atoms with van der Waals surface area (Å²) in [7, 11) is 0. The van der Waals surface area contributed by atoms with Gasteiger partial charge in [0.05, 0.1) is 20.9 Å². The Morgan fingerprint density at radius 3 is 1.52 bits per heavy atom. The molecule has 1 spiro atoms. The van der Waals surface area contributed by atoms with E-state index in [4.69, 9.17) is 0 Å². The highest BCUT2D eigenvalue weighted by atomic mass is 32.3. The van der Waals surface area contributed by atoms with E-state index in [1.54, 1.807) is 0 Å². The van der Waals surface area contributed by atoms with Gasteiger partial charge >= 0.3 is 0 Å². The Bertz CT molecular complexity index is 712. The van der Waals surface area contributed by atoms with Crippen molar-refractivity contribution < 1.29 is 11.7 Å². The fourth-order valence-electron chi connectivity index (χ4n) is 2.08. The molecule has 0 unspecified atom stereocenters. The van der Waals surface area contributed by atoms with Crippen LogP contribution in [0, 0.1) is 0 Å². The molecule has 0 radical (unpaired) electrons. The summed E-state index contributed by atoms with van der Waals surface area (Å²) in [4.78, 5) is 26.6. The number of benzene rings is 2. The van der Waals surface area contributed by atoms with Crippen molar-refractivity contribution >= 4 is 58.0 Å². The van der Waals surface area contributed by atoms with Gasteiger partial charge in [-0.2, -0.15) is 0 Å². The van der Waals surface area contributed by atoms with Crippen molar-refractivity contribution in [1.82, 2.24) is 0 Å². The molecule has 0 atom stereocenters. The number of carbonyl (C=O) groups excluding carboxylic acids is 2. The Labute approximate surface area is 139 Å². The van der Waals surface area contributed by atoms with E-state index in [0.717, 1.165) is 20.9 Å². The van der Waals surface area contributed by atoms with Crippen molar-refractivity contribution in [3.63, 3.8) is 0 Å². The van der Waals surface area contributed by atoms with Crippen molar-refractivity contribution in [3.05, 3.63) is 59.7 Å². The first-order chi connectivity index (χ1) is 10.2. The van der Waals surface area contributed by atoms with E-state index in [2.05, 4.69) is 0 Å². The third-order valence-electron chi connectivity index (χ3n) is 3.02. The van der Waals surface area contributed by atoms with Crippen LogP contribution < -0.4 is 0 Å². The summed E-state index contributed by atoms with van der Waals surface area (Å²) in [5.74, 6) is 0. The van der Waals surface area contributed by atoms with Crippen molar-refractivity contribution in [2.24, 2.45) is 0 Å². The fourth-order valence-corrected chi connectivity index (χ4v) is 8.01. The van der Waals surface area contributed by atoms with Crippen LogP contribution in [0.15, 0.2) is 58.3 Å². The third kappa shape index (κ3) is 2.33. The molecule has 0 fully saturated rings. The van der Waals surface area contributed by atoms with Crippen molar-refractivity contribution in [2.45, 2.75) is 9.79 Å². The van der Waals surface area contributed by atoms with Gasteiger partial charge in [0.15, 0.2) is 47.8 Å². The monoisotopic (exact) mass is 350 g/mol. The highest BCUT2D eigenvalue weighted by Gasteiger charge is 2.52. The van der Waals surface area contributed by atoms with Gasteiger partial charge in [-0.25, -0.2) is 0 Å². The number of carbonyl (C=O) groups is 2. The average Bonchev–Trinajstić information content (AvgIpc) is 2.47. The maximum Gasteiger partial charge on any atom is 0.280 e. The van der Waals surface area contributed by atoms with Crippen LogP contribution in [-0.2, 0) is 0 Å². The van der Waals surface area contributed by atoms with E-state index in [-0.39, 0.29) is 12.3 Å². The van der Waals surface area contributed by atoms with Crippen LogP contribution >= 0.6 is 47.8 Å². The molecule has 0 bridgehead atoms. The van der Waals surface area contributed by atoms with E-state index in [1.807, 2.05) is 48.5 Å². The molecule has 0 saturated carbocycles. The zero-order valence-corrected chi connectivity index (χ0v) is 13.8. The molecule has 7 heteroatoms. The Morgan fingerprint density at radius 2 is 1.05 bits per heavy atom. The highest BCUT2D eigenvalue weighted by molar-refractivity contribution is 8.37. The molecule has 21 heavy (non-hydrogen) atoms. The molecular weight excluding hydrogens is 342 g/mol. The zero-order valence-electron chi connectivity index (χ0n) is 10.5. The van der Waals surface area contributed by atoms with E-state index in [1.165, 1.54) is 47.8 Å². The minimum Gasteiger partial charge on any atom is -0.275 e. The largest absolute Gasteiger partial charge is 0.280 e. The van der Waals surface area contributed by atoms with Crippen molar-refractivity contribution in [1.29, 1.82) is 0 Å². The van der Waals surface area contributed by atoms with Crippen molar-refractivity contribution in [3.8, 4) is 0 Å². The van der Waals surface area contributed by atoms with Gasteiger partial charge in [-0.15, -0.1) is 0 Å². The van der Waals surface area contributed by atoms with Crippen LogP contribution in [0.25, 0.3) is 0 Å². The van der Waals surface area contributed by atoms with Gasteiger partial charge in [-0.3, -0.25) is 9.59 Å². The summed E-state index contributed by atoms with van der Waals surface area (Å²) >= 11 is 5.44. The molecule has 0 N–H and O–H groups in total. The smallest absolute Gasteiger partial charge is 0.275 e. The molecule has 0 aliphatic carbocycles. The Morgan fingerprint density at radius 1 is 0.619 bits per heavy atom. The van der Waals surface area contributed by atoms with E-state index in [9.17, 15) is 9.59 Å². The highest BCUT2D eigenvalue weighted by Crippen LogP contribution is 2.63. The lowest BCUT2D eigenvalue weighted by molar-refractivity contribution is -0.271. The second-order valence-electron chi connectivity index (χ2n) is 4.38. The maximum atomic E-state index is 12.4. The van der Waals surface area contributed by atoms with Gasteiger partial charge < -0.3 is 0 Å². The Balaban J connectivity index is 1.78. The summed E-state index contributed by atoms with van der Waals surface area (Å²) in [6, 6.07) is 15.1. The lowest BCUT2D eigenvalue weighted by Crippen LogP contribution is -2.28. The predicted molar refractivity (Wildman–Crippen MR) is 88.7 cm³/mol. The molecule has 0 saturated heterocycles. The summed E-state index contributed by atoms with van der Waals surface area (Å²) in [5, 5.41) is 0.0214. The van der Waals surface area contributed by atoms with Crippen LogP contribution in [0.3, 0.4) is 0 Å². The topological polar surface area (TPSA) is 34.1 Å². The van der Waals surface area contributed by atoms with Crippen LogP contribution in [0.4, 0.5) is 0 Å². The van der Waals surface area contributed by atoms with Gasteiger partial charge in [0, 0.05) is 0 Å². The summed E-state index contributed by atoms with van der Waals surface area (Å²) in [6.45, 7) is 0. The van der Waals surface area contributed by atoms with Gasteiger partial charge in [0.25, 0.3) is 10.2 Å². The number of hydrogen-bond donors (Lipinski definition) is 0. The van der Waals surface area contributed by atoms with Gasteiger partial charge in [-0.05, 0) is 24.3 Å². The molecule has 0 aromatic heterocycles. The van der Waals surface area contributed by atoms with Crippen molar-refractivity contribution in [2.75, 3.05) is 0 Å². The maximum absolute atomic E-state index is 12.4. The molecule has 0 amide bonds. The second kappa shape index (κ2) is 5.10. The number of quaternary nitrogens is 1. The standard InChI is InChI=1S/C14H8NO2S4/c16-13-9-5-1-3-7-11(9)18-15(20-13)19-12-8-4-2-6-10(12)14(17)21-15/h1-8H/q+1. The fraction of sp³-hybridized carbons (Fsp3) is 0. The number of nitrogens with zero attached hydrogens (tertiary/aromatic N) is 1. The minimum absolute atomic E-state index is 0.0107. The van der Waals surface area contributed by atoms with Crippen LogP contribution in [0.1, 0.15) is 20.7 Å². The minimum atomic E-state index is 0.0107. The molecule has 2 aromatic carbocycles. The molecule has 2 aliphatic heterocycles. The average molecular weight is 350 g/mol. The van der Waals surface area contributed by atoms with Crippen LogP contribution in [0.2, 0.25) is 0 Å². The summed E-state index contributed by atoms with van der Waals surface area (Å²) in [5.41, 5.74) is 1.45. The number of fused-ring (bicyclic) bond motifs is 2. The Kier molecular flexibility index (Phi) is 3.35. The number of rotatable bonds is 0. The number of hydrogen-bond acceptors (Lipinski definition) is 6. The first-order valence-corrected chi connectivity index (χ1v) is 9.20. The molecule has 2 heterocycles. The van der Waals surface area contributed by atoms with Crippen LogP contribution in [0.5, 0.6) is 0 Å². The molecule has 2 aromatic rings. The quantitative estimate of drug-likeness (QED) is 0.500. The molecule has 4 rings (SSSR count). The molecule has 2 aliphatic rings. The van der Waals surface area contributed by atoms with Gasteiger partial charge in [0.2, 0.25) is 0 Å². The second-order valence-corrected chi connectivity index (χ2v) is 10.3. The molecular formula is C14H8NO2S4+. The Hall–Kier alpha value is -0.860. The normalized spacial score (nSPS) is 19.2. The van der Waals surface area contributed by atoms with E-state index < -0.39 is 0 Å². The van der Waals surface area contributed by atoms with Gasteiger partial charge in [0.1, 0.15) is 0 Å². The molecule has 104 valence electrons. The SMILES string of the molecule is O=C1S[N+]2(SC(=O)c3ccccc3S2)Sc2ccccc21. The lowest BCUT2D eigenvalue weighted by Gasteiger charge is -2.32. The van der Waals surface area contributed by atoms with E-state index in [0.29, 0.717) is 0 Å². The summed E-state index contributed by atoms with van der Waals surface area (Å²) < 4.78 is 0.214. The third-order valence-corrected chi connectivity index (χ3v) is 8.48. The van der Waals surface area contributed by atoms with Crippen LogP contribution in [-0.4, -0.2) is 12.3 Å². The first-order valence-electron chi connectivity index (χ1n) is 6.11. The van der Waals surface area contributed by atoms with Gasteiger partial charge in [-0.1, -0.05) is 26.4 Å². The predicted octanol–water partition coefficient (Wildman–Crippen LogP) is 4.82. The first kappa shape index (κ1) is 13.8. The summed E-state index contributed by atoms with van der Waals surface area (Å²) in [6.07, 6.45) is 0. The van der Waals surface area contributed by atoms with E-state index >= 15 is 0 Å².